The number of fused-ring (bicyclic) bond motifs is 1. The molecule has 2 N–H and O–H groups in total. The standard InChI is InChI=1S/C27H37N5O5/c1-8-13-27(7)36-25(34)21(26(35)37-27)12-10-17(4)9-11-20-19(6)30-32-24(20)29-23(31-32)18(5)15-28-22(33)14-16(2)3/h9-12,16,18,34H,8,13-15H2,1-7H3,(H,28,33). The molecule has 37 heavy (non-hydrogen) atoms. The minimum absolute atomic E-state index is 0.0174. The Kier molecular flexibility index (Phi) is 8.73. The fraction of sp³-hybridized carbons (Fsp3) is 0.519. The number of nitrogens with zero attached hydrogens (tertiary/aromatic N) is 4. The zero-order valence-corrected chi connectivity index (χ0v) is 22.7. The van der Waals surface area contributed by atoms with E-state index in [1.54, 1.807) is 13.0 Å². The lowest BCUT2D eigenvalue weighted by Crippen LogP contribution is -2.39. The van der Waals surface area contributed by atoms with E-state index in [9.17, 15) is 14.7 Å². The fourth-order valence-corrected chi connectivity index (χ4v) is 3.92. The lowest BCUT2D eigenvalue weighted by molar-refractivity contribution is -0.232. The molecule has 0 saturated heterocycles. The molecule has 200 valence electrons. The van der Waals surface area contributed by atoms with Crippen molar-refractivity contribution in [1.82, 2.24) is 25.1 Å². The average molecular weight is 512 g/mol. The lowest BCUT2D eigenvalue weighted by Gasteiger charge is -2.33. The maximum absolute atomic E-state index is 12.4. The van der Waals surface area contributed by atoms with Crippen molar-refractivity contribution < 1.29 is 24.2 Å². The molecule has 1 aliphatic heterocycles. The Hall–Kier alpha value is -3.69. The van der Waals surface area contributed by atoms with Crippen LogP contribution in [-0.2, 0) is 19.1 Å². The third-order valence-electron chi connectivity index (χ3n) is 5.92. The Labute approximate surface area is 217 Å². The number of hydrogen-bond donors (Lipinski definition) is 2. The molecular formula is C27H37N5O5. The van der Waals surface area contributed by atoms with Crippen molar-refractivity contribution in [2.75, 3.05) is 6.54 Å². The van der Waals surface area contributed by atoms with Gasteiger partial charge >= 0.3 is 5.97 Å². The summed E-state index contributed by atoms with van der Waals surface area (Å²) in [6.45, 7) is 13.7. The van der Waals surface area contributed by atoms with E-state index in [1.807, 2.05) is 53.7 Å². The predicted molar refractivity (Wildman–Crippen MR) is 139 cm³/mol. The van der Waals surface area contributed by atoms with Crippen LogP contribution in [0.25, 0.3) is 11.7 Å². The van der Waals surface area contributed by atoms with E-state index in [1.165, 1.54) is 10.7 Å². The summed E-state index contributed by atoms with van der Waals surface area (Å²) in [5.41, 5.74) is 2.18. The molecule has 0 aromatic carbocycles. The van der Waals surface area contributed by atoms with Gasteiger partial charge in [-0.15, -0.1) is 9.73 Å². The van der Waals surface area contributed by atoms with Gasteiger partial charge in [0.15, 0.2) is 11.5 Å². The van der Waals surface area contributed by atoms with Crippen LogP contribution in [0.15, 0.2) is 35.3 Å². The number of carbonyl (C=O) groups is 2. The lowest BCUT2D eigenvalue weighted by atomic mass is 10.1. The molecule has 3 heterocycles. The molecule has 10 heteroatoms. The zero-order valence-electron chi connectivity index (χ0n) is 22.7. The number of cyclic esters (lactones) is 1. The van der Waals surface area contributed by atoms with Gasteiger partial charge < -0.3 is 19.9 Å². The number of hydrogen-bond acceptors (Lipinski definition) is 8. The van der Waals surface area contributed by atoms with Crippen molar-refractivity contribution in [2.45, 2.75) is 79.4 Å². The maximum Gasteiger partial charge on any atom is 0.348 e. The fourth-order valence-electron chi connectivity index (χ4n) is 3.92. The number of ether oxygens (including phenoxy) is 2. The van der Waals surface area contributed by atoms with Crippen molar-refractivity contribution in [3.63, 3.8) is 0 Å². The van der Waals surface area contributed by atoms with Crippen LogP contribution in [-0.4, -0.2) is 49.1 Å². The van der Waals surface area contributed by atoms with Crippen LogP contribution in [0.3, 0.4) is 0 Å². The van der Waals surface area contributed by atoms with Gasteiger partial charge in [0, 0.05) is 37.4 Å². The number of amides is 1. The largest absolute Gasteiger partial charge is 0.480 e. The molecule has 2 aromatic heterocycles. The van der Waals surface area contributed by atoms with Crippen molar-refractivity contribution in [2.24, 2.45) is 5.92 Å². The number of carbonyl (C=O) groups excluding carboxylic acids is 2. The normalized spacial score (nSPS) is 20.2. The van der Waals surface area contributed by atoms with Crippen LogP contribution in [0, 0.1) is 12.8 Å². The Morgan fingerprint density at radius 3 is 2.62 bits per heavy atom. The molecule has 0 radical (unpaired) electrons. The van der Waals surface area contributed by atoms with Crippen molar-refractivity contribution in [3.8, 4) is 0 Å². The third-order valence-corrected chi connectivity index (χ3v) is 5.92. The Morgan fingerprint density at radius 2 is 1.97 bits per heavy atom. The number of aliphatic hydroxyl groups excluding tert-OH is 1. The number of allylic oxidation sites excluding steroid dienone is 3. The third kappa shape index (κ3) is 6.96. The topological polar surface area (TPSA) is 128 Å². The van der Waals surface area contributed by atoms with E-state index < -0.39 is 17.7 Å². The van der Waals surface area contributed by atoms with Crippen LogP contribution in [0.4, 0.5) is 0 Å². The maximum atomic E-state index is 12.4. The number of aliphatic hydroxyl groups is 1. The molecule has 3 rings (SSSR count). The second-order valence-electron chi connectivity index (χ2n) is 10.1. The van der Waals surface area contributed by atoms with E-state index >= 15 is 0 Å². The second-order valence-corrected chi connectivity index (χ2v) is 10.1. The van der Waals surface area contributed by atoms with Gasteiger partial charge in [-0.1, -0.05) is 45.4 Å². The van der Waals surface area contributed by atoms with Crippen LogP contribution in [0.1, 0.15) is 78.2 Å². The van der Waals surface area contributed by atoms with Gasteiger partial charge in [-0.05, 0) is 38.3 Å². The molecule has 2 atom stereocenters. The van der Waals surface area contributed by atoms with E-state index in [0.717, 1.165) is 22.9 Å². The summed E-state index contributed by atoms with van der Waals surface area (Å²) >= 11 is 0. The Bertz CT molecular complexity index is 1310. The summed E-state index contributed by atoms with van der Waals surface area (Å²) in [7, 11) is 0. The minimum atomic E-state index is -1.16. The van der Waals surface area contributed by atoms with E-state index in [2.05, 4.69) is 20.5 Å². The molecule has 2 unspecified atom stereocenters. The van der Waals surface area contributed by atoms with Crippen molar-refractivity contribution in [1.29, 1.82) is 0 Å². The van der Waals surface area contributed by atoms with Gasteiger partial charge in [-0.3, -0.25) is 4.79 Å². The molecule has 1 amide bonds. The monoisotopic (exact) mass is 511 g/mol. The summed E-state index contributed by atoms with van der Waals surface area (Å²) in [5, 5.41) is 22.9. The molecule has 0 bridgehead atoms. The first-order valence-corrected chi connectivity index (χ1v) is 12.6. The van der Waals surface area contributed by atoms with Gasteiger partial charge in [0.2, 0.25) is 5.91 Å². The Morgan fingerprint density at radius 1 is 1.24 bits per heavy atom. The molecular weight excluding hydrogens is 474 g/mol. The number of nitrogens with one attached hydrogen (secondary N) is 1. The van der Waals surface area contributed by atoms with Gasteiger partial charge in [-0.2, -0.15) is 5.10 Å². The highest BCUT2D eigenvalue weighted by molar-refractivity contribution is 5.92. The Balaban J connectivity index is 1.76. The molecule has 1 aliphatic rings. The SMILES string of the molecule is CCCC1(C)OC(=O)C(C=CC(C)=CC=c2c(C)nn3nc(C(C)CNC(=O)CC(C)C)nc23)=C(O)O1. The van der Waals surface area contributed by atoms with E-state index in [-0.39, 0.29) is 17.4 Å². The van der Waals surface area contributed by atoms with Crippen molar-refractivity contribution >= 4 is 23.6 Å². The van der Waals surface area contributed by atoms with Gasteiger partial charge in [-0.25, -0.2) is 9.78 Å². The van der Waals surface area contributed by atoms with Crippen LogP contribution in [0.5, 0.6) is 0 Å². The number of esters is 1. The highest BCUT2D eigenvalue weighted by Crippen LogP contribution is 2.30. The zero-order chi connectivity index (χ0) is 27.3. The summed E-state index contributed by atoms with van der Waals surface area (Å²) < 4.78 is 12.3. The molecule has 0 spiro atoms. The highest BCUT2D eigenvalue weighted by atomic mass is 16.8. The van der Waals surface area contributed by atoms with Crippen LogP contribution in [0.2, 0.25) is 0 Å². The molecule has 10 nitrogen and oxygen atoms in total. The summed E-state index contributed by atoms with van der Waals surface area (Å²) in [5.74, 6) is -1.37. The van der Waals surface area contributed by atoms with Gasteiger partial charge in [0.25, 0.3) is 11.7 Å². The molecule has 0 aliphatic carbocycles. The smallest absolute Gasteiger partial charge is 0.348 e. The van der Waals surface area contributed by atoms with Crippen LogP contribution < -0.4 is 10.5 Å². The first-order chi connectivity index (χ1) is 17.4. The molecule has 0 saturated carbocycles. The van der Waals surface area contributed by atoms with E-state index in [0.29, 0.717) is 36.8 Å². The summed E-state index contributed by atoms with van der Waals surface area (Å²) in [4.78, 5) is 29.0. The minimum Gasteiger partial charge on any atom is -0.480 e. The average Bonchev–Trinajstić information content (AvgIpc) is 3.32. The van der Waals surface area contributed by atoms with Crippen LogP contribution >= 0.6 is 0 Å². The van der Waals surface area contributed by atoms with Gasteiger partial charge in [0.1, 0.15) is 5.57 Å². The highest BCUT2D eigenvalue weighted by Gasteiger charge is 2.38. The first kappa shape index (κ1) is 27.9. The number of rotatable bonds is 10. The second kappa shape index (κ2) is 11.6. The summed E-state index contributed by atoms with van der Waals surface area (Å²) in [6.07, 6.45) is 8.61. The van der Waals surface area contributed by atoms with Crippen molar-refractivity contribution in [3.05, 3.63) is 52.1 Å². The summed E-state index contributed by atoms with van der Waals surface area (Å²) in [6, 6.07) is 0. The number of aromatic nitrogens is 4. The predicted octanol–water partition coefficient (Wildman–Crippen LogP) is 3.56. The number of aryl methyl sites for hydroxylation is 1. The first-order valence-electron chi connectivity index (χ1n) is 12.6. The molecule has 2 aromatic rings. The van der Waals surface area contributed by atoms with Gasteiger partial charge in [0.05, 0.1) is 5.69 Å². The molecule has 0 fully saturated rings. The quantitative estimate of drug-likeness (QED) is 0.366. The van der Waals surface area contributed by atoms with E-state index in [4.69, 9.17) is 9.47 Å².